The van der Waals surface area contributed by atoms with Crippen molar-refractivity contribution in [2.24, 2.45) is 0 Å². The number of aromatic nitrogens is 3. The minimum atomic E-state index is -0.210. The summed E-state index contributed by atoms with van der Waals surface area (Å²) in [5.74, 6) is 0.483. The van der Waals surface area contributed by atoms with E-state index in [1.807, 2.05) is 25.1 Å². The van der Waals surface area contributed by atoms with Crippen molar-refractivity contribution in [1.29, 1.82) is 0 Å². The number of H-pyrrole nitrogens is 1. The van der Waals surface area contributed by atoms with Crippen LogP contribution in [0.3, 0.4) is 0 Å². The summed E-state index contributed by atoms with van der Waals surface area (Å²) >= 11 is 5.04. The normalized spacial score (nSPS) is 10.2. The van der Waals surface area contributed by atoms with Gasteiger partial charge in [-0.2, -0.15) is 5.10 Å². The van der Waals surface area contributed by atoms with Crippen molar-refractivity contribution in [3.05, 3.63) is 46.5 Å². The van der Waals surface area contributed by atoms with Crippen LogP contribution in [-0.2, 0) is 6.42 Å². The SMILES string of the molecule is CCc1n[nH]c(=S)n1NC(=O)c1ccccc1. The fraction of sp³-hybridized carbons (Fsp3) is 0.182. The molecule has 2 rings (SSSR count). The van der Waals surface area contributed by atoms with Gasteiger partial charge in [-0.1, -0.05) is 25.1 Å². The molecule has 0 saturated carbocycles. The van der Waals surface area contributed by atoms with Crippen LogP contribution < -0.4 is 5.43 Å². The zero-order valence-electron chi connectivity index (χ0n) is 9.30. The summed E-state index contributed by atoms with van der Waals surface area (Å²) in [6.07, 6.45) is 0.683. The van der Waals surface area contributed by atoms with E-state index < -0.39 is 0 Å². The van der Waals surface area contributed by atoms with Crippen molar-refractivity contribution in [2.45, 2.75) is 13.3 Å². The molecule has 0 radical (unpaired) electrons. The average molecular weight is 248 g/mol. The van der Waals surface area contributed by atoms with Crippen molar-refractivity contribution >= 4 is 18.1 Å². The molecule has 1 aromatic heterocycles. The minimum absolute atomic E-state index is 0.210. The van der Waals surface area contributed by atoms with Crippen LogP contribution in [0.15, 0.2) is 30.3 Å². The molecule has 5 nitrogen and oxygen atoms in total. The van der Waals surface area contributed by atoms with E-state index in [-0.39, 0.29) is 5.91 Å². The van der Waals surface area contributed by atoms with E-state index in [0.29, 0.717) is 22.6 Å². The Balaban J connectivity index is 2.25. The van der Waals surface area contributed by atoms with E-state index in [9.17, 15) is 4.79 Å². The highest BCUT2D eigenvalue weighted by atomic mass is 32.1. The second-order valence-electron chi connectivity index (χ2n) is 3.44. The molecule has 6 heteroatoms. The molecule has 0 spiro atoms. The van der Waals surface area contributed by atoms with Crippen molar-refractivity contribution in [1.82, 2.24) is 14.9 Å². The first-order valence-electron chi connectivity index (χ1n) is 5.25. The molecule has 2 aromatic rings. The molecule has 0 bridgehead atoms. The van der Waals surface area contributed by atoms with Crippen LogP contribution in [0.25, 0.3) is 0 Å². The molecule has 0 aliphatic rings. The van der Waals surface area contributed by atoms with Crippen molar-refractivity contribution < 1.29 is 4.79 Å². The molecule has 0 unspecified atom stereocenters. The maximum absolute atomic E-state index is 11.9. The van der Waals surface area contributed by atoms with E-state index >= 15 is 0 Å². The molecule has 0 atom stereocenters. The molecular weight excluding hydrogens is 236 g/mol. The van der Waals surface area contributed by atoms with Gasteiger partial charge in [-0.15, -0.1) is 0 Å². The number of carbonyl (C=O) groups excluding carboxylic acids is 1. The van der Waals surface area contributed by atoms with Crippen LogP contribution in [0.4, 0.5) is 0 Å². The number of aromatic amines is 1. The number of carbonyl (C=O) groups is 1. The minimum Gasteiger partial charge on any atom is -0.267 e. The van der Waals surface area contributed by atoms with Gasteiger partial charge in [0.25, 0.3) is 5.91 Å². The molecule has 1 heterocycles. The topological polar surface area (TPSA) is 62.7 Å². The lowest BCUT2D eigenvalue weighted by Crippen LogP contribution is -2.24. The van der Waals surface area contributed by atoms with E-state index in [1.165, 1.54) is 4.68 Å². The highest BCUT2D eigenvalue weighted by molar-refractivity contribution is 7.71. The quantitative estimate of drug-likeness (QED) is 0.815. The Bertz CT molecular complexity index is 573. The lowest BCUT2D eigenvalue weighted by atomic mass is 10.2. The molecule has 0 saturated heterocycles. The summed E-state index contributed by atoms with van der Waals surface area (Å²) in [5, 5.41) is 6.66. The van der Waals surface area contributed by atoms with Crippen molar-refractivity contribution in [2.75, 3.05) is 5.43 Å². The average Bonchev–Trinajstić information content (AvgIpc) is 2.71. The Kier molecular flexibility index (Phi) is 3.34. The van der Waals surface area contributed by atoms with Crippen LogP contribution >= 0.6 is 12.2 Å². The molecule has 0 fully saturated rings. The summed E-state index contributed by atoms with van der Waals surface area (Å²) in [7, 11) is 0. The second-order valence-corrected chi connectivity index (χ2v) is 3.83. The third kappa shape index (κ3) is 2.42. The Morgan fingerprint density at radius 3 is 2.82 bits per heavy atom. The van der Waals surface area contributed by atoms with Gasteiger partial charge in [0.2, 0.25) is 4.77 Å². The number of amides is 1. The van der Waals surface area contributed by atoms with E-state index in [4.69, 9.17) is 12.2 Å². The molecule has 88 valence electrons. The van der Waals surface area contributed by atoms with Crippen LogP contribution in [-0.4, -0.2) is 20.8 Å². The molecule has 0 aliphatic carbocycles. The highest BCUT2D eigenvalue weighted by Crippen LogP contribution is 2.01. The van der Waals surface area contributed by atoms with Gasteiger partial charge in [0.1, 0.15) is 0 Å². The zero-order chi connectivity index (χ0) is 12.3. The number of rotatable bonds is 3. The molecule has 0 aliphatic heterocycles. The van der Waals surface area contributed by atoms with Crippen molar-refractivity contribution in [3.63, 3.8) is 0 Å². The fourth-order valence-corrected chi connectivity index (χ4v) is 1.63. The molecule has 2 N–H and O–H groups in total. The first-order chi connectivity index (χ1) is 8.22. The first kappa shape index (κ1) is 11.5. The summed E-state index contributed by atoms with van der Waals surface area (Å²) in [5.41, 5.74) is 3.29. The Morgan fingerprint density at radius 2 is 2.18 bits per heavy atom. The Labute approximate surface area is 103 Å². The maximum atomic E-state index is 11.9. The number of benzene rings is 1. The van der Waals surface area contributed by atoms with Crippen LogP contribution in [0.2, 0.25) is 0 Å². The highest BCUT2D eigenvalue weighted by Gasteiger charge is 2.09. The van der Waals surface area contributed by atoms with Gasteiger partial charge in [0.15, 0.2) is 5.82 Å². The predicted molar refractivity (Wildman–Crippen MR) is 66.9 cm³/mol. The van der Waals surface area contributed by atoms with Crippen LogP contribution in [0, 0.1) is 4.77 Å². The smallest absolute Gasteiger partial charge is 0.267 e. The third-order valence-electron chi connectivity index (χ3n) is 2.31. The first-order valence-corrected chi connectivity index (χ1v) is 5.66. The van der Waals surface area contributed by atoms with Crippen LogP contribution in [0.5, 0.6) is 0 Å². The zero-order valence-corrected chi connectivity index (χ0v) is 10.1. The molecule has 1 aromatic carbocycles. The maximum Gasteiger partial charge on any atom is 0.270 e. The second kappa shape index (κ2) is 4.92. The molecule has 17 heavy (non-hydrogen) atoms. The van der Waals surface area contributed by atoms with E-state index in [0.717, 1.165) is 0 Å². The lowest BCUT2D eigenvalue weighted by molar-refractivity contribution is 0.101. The number of hydrogen-bond donors (Lipinski definition) is 2. The van der Waals surface area contributed by atoms with Gasteiger partial charge < -0.3 is 0 Å². The summed E-state index contributed by atoms with van der Waals surface area (Å²) in [4.78, 5) is 11.9. The Hall–Kier alpha value is -1.95. The molecule has 1 amide bonds. The van der Waals surface area contributed by atoms with Gasteiger partial charge in [-0.25, -0.2) is 4.68 Å². The Morgan fingerprint density at radius 1 is 1.47 bits per heavy atom. The van der Waals surface area contributed by atoms with Gasteiger partial charge in [-0.05, 0) is 24.4 Å². The number of nitrogens with one attached hydrogen (secondary N) is 2. The largest absolute Gasteiger partial charge is 0.270 e. The lowest BCUT2D eigenvalue weighted by Gasteiger charge is -2.07. The van der Waals surface area contributed by atoms with Crippen molar-refractivity contribution in [3.8, 4) is 0 Å². The predicted octanol–water partition coefficient (Wildman–Crippen LogP) is 1.89. The third-order valence-corrected chi connectivity index (χ3v) is 2.58. The molecular formula is C11H12N4OS. The van der Waals surface area contributed by atoms with E-state index in [2.05, 4.69) is 15.6 Å². The van der Waals surface area contributed by atoms with Gasteiger partial charge in [0.05, 0.1) is 0 Å². The summed E-state index contributed by atoms with van der Waals surface area (Å²) < 4.78 is 1.87. The van der Waals surface area contributed by atoms with Gasteiger partial charge in [-0.3, -0.25) is 15.3 Å². The monoisotopic (exact) mass is 248 g/mol. The summed E-state index contributed by atoms with van der Waals surface area (Å²) in [6.45, 7) is 1.94. The van der Waals surface area contributed by atoms with Crippen LogP contribution in [0.1, 0.15) is 23.1 Å². The number of aryl methyl sites for hydroxylation is 1. The fourth-order valence-electron chi connectivity index (χ4n) is 1.44. The van der Waals surface area contributed by atoms with Gasteiger partial charge in [0, 0.05) is 12.0 Å². The van der Waals surface area contributed by atoms with Gasteiger partial charge >= 0.3 is 0 Å². The summed E-state index contributed by atoms with van der Waals surface area (Å²) in [6, 6.07) is 8.96. The number of hydrogen-bond acceptors (Lipinski definition) is 3. The number of nitrogens with zero attached hydrogens (tertiary/aromatic N) is 2. The standard InChI is InChI=1S/C11H12N4OS/c1-2-9-12-13-11(17)15(9)14-10(16)8-6-4-3-5-7-8/h3-7H,2H2,1H3,(H,13,17)(H,14,16). The van der Waals surface area contributed by atoms with E-state index in [1.54, 1.807) is 12.1 Å².